The van der Waals surface area contributed by atoms with Gasteiger partial charge in [0.25, 0.3) is 5.56 Å². The van der Waals surface area contributed by atoms with E-state index >= 15 is 0 Å². The van der Waals surface area contributed by atoms with E-state index in [4.69, 9.17) is 4.74 Å². The van der Waals surface area contributed by atoms with Crippen molar-refractivity contribution in [1.82, 2.24) is 9.55 Å². The third kappa shape index (κ3) is 3.25. The highest BCUT2D eigenvalue weighted by molar-refractivity contribution is 5.79. The molecule has 3 rings (SSSR count). The van der Waals surface area contributed by atoms with Crippen LogP contribution >= 0.6 is 0 Å². The first-order valence-electron chi connectivity index (χ1n) is 7.99. The first-order chi connectivity index (χ1) is 11.6. The van der Waals surface area contributed by atoms with Gasteiger partial charge in [0.2, 0.25) is 0 Å². The molecule has 5 nitrogen and oxygen atoms in total. The molecule has 0 saturated carbocycles. The first-order valence-corrected chi connectivity index (χ1v) is 7.99. The largest absolute Gasteiger partial charge is 0.487 e. The van der Waals surface area contributed by atoms with Gasteiger partial charge in [0.05, 0.1) is 11.6 Å². The Morgan fingerprint density at radius 1 is 1.21 bits per heavy atom. The van der Waals surface area contributed by atoms with Crippen molar-refractivity contribution in [3.8, 4) is 5.75 Å². The van der Waals surface area contributed by atoms with Gasteiger partial charge in [-0.05, 0) is 43.5 Å². The van der Waals surface area contributed by atoms with Crippen LogP contribution < -0.4 is 15.6 Å². The van der Waals surface area contributed by atoms with Crippen molar-refractivity contribution in [2.75, 3.05) is 5.32 Å². The zero-order valence-corrected chi connectivity index (χ0v) is 14.1. The second-order valence-electron chi connectivity index (χ2n) is 5.96. The number of nitrogens with one attached hydrogen (secondary N) is 1. The molecule has 0 atom stereocenters. The number of aryl methyl sites for hydroxylation is 1. The molecule has 3 aromatic rings. The molecule has 0 radical (unpaired) electrons. The van der Waals surface area contributed by atoms with Crippen LogP contribution in [0.1, 0.15) is 19.4 Å². The third-order valence-corrected chi connectivity index (χ3v) is 3.79. The van der Waals surface area contributed by atoms with Gasteiger partial charge in [-0.3, -0.25) is 4.79 Å². The van der Waals surface area contributed by atoms with Gasteiger partial charge in [0, 0.05) is 25.4 Å². The average molecular weight is 323 g/mol. The lowest BCUT2D eigenvalue weighted by molar-refractivity contribution is 0.243. The lowest BCUT2D eigenvalue weighted by atomic mass is 10.1. The molecule has 2 heterocycles. The summed E-state index contributed by atoms with van der Waals surface area (Å²) in [6.45, 7) is 4.33. The van der Waals surface area contributed by atoms with E-state index in [1.165, 1.54) is 0 Å². The summed E-state index contributed by atoms with van der Waals surface area (Å²) >= 11 is 0. The van der Waals surface area contributed by atoms with E-state index in [0.717, 1.165) is 10.9 Å². The molecular weight excluding hydrogens is 302 g/mol. The van der Waals surface area contributed by atoms with Gasteiger partial charge >= 0.3 is 0 Å². The van der Waals surface area contributed by atoms with E-state index in [2.05, 4.69) is 10.3 Å². The number of hydrogen-bond acceptors (Lipinski definition) is 4. The van der Waals surface area contributed by atoms with Crippen molar-refractivity contribution in [2.24, 2.45) is 7.05 Å². The zero-order valence-electron chi connectivity index (χ0n) is 14.1. The maximum Gasteiger partial charge on any atom is 0.255 e. The minimum atomic E-state index is -0.0107. The summed E-state index contributed by atoms with van der Waals surface area (Å²) < 4.78 is 7.43. The van der Waals surface area contributed by atoms with Crippen molar-refractivity contribution < 1.29 is 4.74 Å². The van der Waals surface area contributed by atoms with E-state index in [1.807, 2.05) is 56.3 Å². The second-order valence-corrected chi connectivity index (χ2v) is 5.96. The minimum absolute atomic E-state index is 0.0107. The third-order valence-electron chi connectivity index (χ3n) is 3.79. The number of nitrogens with zero attached hydrogens (tertiary/aromatic N) is 2. The molecule has 2 aromatic heterocycles. The maximum atomic E-state index is 12.5. The Morgan fingerprint density at radius 3 is 2.79 bits per heavy atom. The molecule has 124 valence electrons. The van der Waals surface area contributed by atoms with Gasteiger partial charge in [0.1, 0.15) is 0 Å². The quantitative estimate of drug-likeness (QED) is 0.782. The fraction of sp³-hybridized carbons (Fsp3) is 0.263. The Labute approximate surface area is 140 Å². The first kappa shape index (κ1) is 16.1. The van der Waals surface area contributed by atoms with Crippen LogP contribution in [0, 0.1) is 0 Å². The van der Waals surface area contributed by atoms with E-state index in [-0.39, 0.29) is 11.7 Å². The number of fused-ring (bicyclic) bond motifs is 1. The number of hydrogen-bond donors (Lipinski definition) is 1. The molecule has 0 unspecified atom stereocenters. The number of rotatable bonds is 5. The lowest BCUT2D eigenvalue weighted by Crippen LogP contribution is -2.23. The van der Waals surface area contributed by atoms with Crippen LogP contribution in [-0.4, -0.2) is 15.7 Å². The van der Waals surface area contributed by atoms with Gasteiger partial charge in [-0.1, -0.05) is 18.2 Å². The summed E-state index contributed by atoms with van der Waals surface area (Å²) in [5, 5.41) is 4.26. The highest BCUT2D eigenvalue weighted by Crippen LogP contribution is 2.22. The molecule has 0 spiro atoms. The van der Waals surface area contributed by atoms with Gasteiger partial charge in [-0.15, -0.1) is 0 Å². The fourth-order valence-corrected chi connectivity index (χ4v) is 2.67. The van der Waals surface area contributed by atoms with Crippen LogP contribution in [0.5, 0.6) is 5.75 Å². The molecule has 0 saturated heterocycles. The molecule has 1 N–H and O–H groups in total. The Balaban J connectivity index is 1.89. The predicted molar refractivity (Wildman–Crippen MR) is 96.5 cm³/mol. The predicted octanol–water partition coefficient (Wildman–Crippen LogP) is 3.33. The highest BCUT2D eigenvalue weighted by Gasteiger charge is 2.09. The molecule has 0 aliphatic carbocycles. The number of anilines is 1. The number of para-hydroxylation sites is 1. The molecule has 0 fully saturated rings. The molecular formula is C19H21N3O2. The molecule has 0 aliphatic rings. The van der Waals surface area contributed by atoms with Crippen LogP contribution in [-0.2, 0) is 13.6 Å². The summed E-state index contributed by atoms with van der Waals surface area (Å²) in [6.07, 6.45) is 1.76. The van der Waals surface area contributed by atoms with Crippen molar-refractivity contribution in [1.29, 1.82) is 0 Å². The van der Waals surface area contributed by atoms with Crippen LogP contribution in [0.2, 0.25) is 0 Å². The average Bonchev–Trinajstić information content (AvgIpc) is 2.57. The Kier molecular flexibility index (Phi) is 4.51. The normalized spacial score (nSPS) is 11.0. The number of pyridine rings is 2. The number of aromatic nitrogens is 2. The van der Waals surface area contributed by atoms with Crippen LogP contribution in [0.15, 0.2) is 53.5 Å². The summed E-state index contributed by atoms with van der Waals surface area (Å²) in [7, 11) is 1.79. The molecule has 5 heteroatoms. The summed E-state index contributed by atoms with van der Waals surface area (Å²) in [5.74, 6) is 1.33. The standard InChI is InChI=1S/C19H21N3O2/c1-13(2)24-17-9-6-10-20-18(17)21-12-15-11-14-7-4-5-8-16(14)22(3)19(15)23/h4-11,13H,12H2,1-3H3,(H,20,21). The Hall–Kier alpha value is -2.82. The van der Waals surface area contributed by atoms with Gasteiger partial charge in [0.15, 0.2) is 11.6 Å². The number of benzene rings is 1. The van der Waals surface area contributed by atoms with E-state index in [9.17, 15) is 4.79 Å². The maximum absolute atomic E-state index is 12.5. The lowest BCUT2D eigenvalue weighted by Gasteiger charge is -2.15. The van der Waals surface area contributed by atoms with E-state index in [1.54, 1.807) is 17.8 Å². The zero-order chi connectivity index (χ0) is 17.1. The van der Waals surface area contributed by atoms with Crippen molar-refractivity contribution in [2.45, 2.75) is 26.5 Å². The SMILES string of the molecule is CC(C)Oc1cccnc1NCc1cc2ccccc2n(C)c1=O. The molecule has 0 aliphatic heterocycles. The number of ether oxygens (including phenoxy) is 1. The molecule has 0 amide bonds. The van der Waals surface area contributed by atoms with Crippen LogP contribution in [0.3, 0.4) is 0 Å². The molecule has 0 bridgehead atoms. The van der Waals surface area contributed by atoms with Gasteiger partial charge < -0.3 is 14.6 Å². The van der Waals surface area contributed by atoms with E-state index in [0.29, 0.717) is 23.7 Å². The van der Waals surface area contributed by atoms with Crippen molar-refractivity contribution in [3.63, 3.8) is 0 Å². The second kappa shape index (κ2) is 6.74. The fourth-order valence-electron chi connectivity index (χ4n) is 2.67. The monoisotopic (exact) mass is 323 g/mol. The molecule has 1 aromatic carbocycles. The Bertz CT molecular complexity index is 916. The van der Waals surface area contributed by atoms with E-state index < -0.39 is 0 Å². The molecule has 24 heavy (non-hydrogen) atoms. The summed E-state index contributed by atoms with van der Waals surface area (Å²) in [5.41, 5.74) is 1.61. The Morgan fingerprint density at radius 2 is 2.00 bits per heavy atom. The highest BCUT2D eigenvalue weighted by atomic mass is 16.5. The van der Waals surface area contributed by atoms with Gasteiger partial charge in [-0.25, -0.2) is 4.98 Å². The smallest absolute Gasteiger partial charge is 0.255 e. The van der Waals surface area contributed by atoms with Crippen molar-refractivity contribution >= 4 is 16.7 Å². The van der Waals surface area contributed by atoms with Crippen LogP contribution in [0.25, 0.3) is 10.9 Å². The summed E-state index contributed by atoms with van der Waals surface area (Å²) in [4.78, 5) is 16.9. The van der Waals surface area contributed by atoms with Gasteiger partial charge in [-0.2, -0.15) is 0 Å². The topological polar surface area (TPSA) is 56.1 Å². The minimum Gasteiger partial charge on any atom is -0.487 e. The summed E-state index contributed by atoms with van der Waals surface area (Å²) in [6, 6.07) is 13.5. The van der Waals surface area contributed by atoms with Crippen LogP contribution in [0.4, 0.5) is 5.82 Å². The van der Waals surface area contributed by atoms with Crippen molar-refractivity contribution in [3.05, 3.63) is 64.6 Å².